The van der Waals surface area contributed by atoms with E-state index in [2.05, 4.69) is 0 Å². The molecular formula is C36H32N4O4. The maximum absolute atomic E-state index is 6.35. The zero-order chi connectivity index (χ0) is 30.6. The van der Waals surface area contributed by atoms with Crippen LogP contribution in [-0.4, -0.2) is 11.6 Å². The minimum atomic E-state index is -1.21. The summed E-state index contributed by atoms with van der Waals surface area (Å²) in [6, 6.07) is 28.6. The molecule has 8 nitrogen and oxygen atoms in total. The first kappa shape index (κ1) is 28.1. The molecule has 8 N–H and O–H groups in total. The second kappa shape index (κ2) is 11.7. The Bertz CT molecular complexity index is 1510. The van der Waals surface area contributed by atoms with Gasteiger partial charge in [-0.05, 0) is 108 Å². The molecule has 0 aliphatic heterocycles. The molecule has 0 heterocycles. The fourth-order valence-electron chi connectivity index (χ4n) is 4.62. The Hall–Kier alpha value is -6.02. The molecule has 0 saturated carbocycles. The van der Waals surface area contributed by atoms with Crippen LogP contribution in [0, 0.1) is 0 Å². The van der Waals surface area contributed by atoms with Crippen molar-refractivity contribution >= 4 is 22.7 Å². The minimum Gasteiger partial charge on any atom is -0.445 e. The molecule has 4 aromatic carbocycles. The number of nitrogens with two attached hydrogens (primary N) is 4. The van der Waals surface area contributed by atoms with Crippen LogP contribution in [0.3, 0.4) is 0 Å². The van der Waals surface area contributed by atoms with E-state index in [-0.39, 0.29) is 0 Å². The van der Waals surface area contributed by atoms with Gasteiger partial charge in [0, 0.05) is 47.1 Å². The lowest BCUT2D eigenvalue weighted by atomic mass is 9.95. The van der Waals surface area contributed by atoms with E-state index in [1.54, 1.807) is 97.1 Å². The highest BCUT2D eigenvalue weighted by Gasteiger charge is 2.34. The fraction of sp³-hybridized carbons (Fsp3) is 0.0556. The van der Waals surface area contributed by atoms with E-state index < -0.39 is 11.6 Å². The Balaban J connectivity index is 1.28. The van der Waals surface area contributed by atoms with Crippen molar-refractivity contribution in [1.82, 2.24) is 0 Å². The van der Waals surface area contributed by atoms with Gasteiger partial charge in [-0.25, -0.2) is 0 Å². The summed E-state index contributed by atoms with van der Waals surface area (Å²) in [5, 5.41) is 0. The zero-order valence-corrected chi connectivity index (χ0v) is 23.8. The topological polar surface area (TPSA) is 141 Å². The molecule has 0 saturated heterocycles. The molecule has 6 rings (SSSR count). The van der Waals surface area contributed by atoms with Crippen LogP contribution < -0.4 is 41.9 Å². The summed E-state index contributed by atoms with van der Waals surface area (Å²) in [6.07, 6.45) is 15.3. The molecule has 0 spiro atoms. The zero-order valence-electron chi connectivity index (χ0n) is 23.8. The Morgan fingerprint density at radius 3 is 0.727 bits per heavy atom. The number of nitrogen functional groups attached to an aromatic ring is 4. The van der Waals surface area contributed by atoms with E-state index in [9.17, 15) is 0 Å². The van der Waals surface area contributed by atoms with Gasteiger partial charge in [0.2, 0.25) is 0 Å². The van der Waals surface area contributed by atoms with Gasteiger partial charge < -0.3 is 41.9 Å². The maximum atomic E-state index is 6.35. The van der Waals surface area contributed by atoms with Gasteiger partial charge in [-0.3, -0.25) is 0 Å². The maximum Gasteiger partial charge on any atom is 0.291 e. The molecule has 0 atom stereocenters. The van der Waals surface area contributed by atoms with Gasteiger partial charge in [-0.15, -0.1) is 0 Å². The number of hydrogen-bond acceptors (Lipinski definition) is 8. The molecule has 0 aromatic heterocycles. The molecule has 44 heavy (non-hydrogen) atoms. The number of anilines is 4. The average molecular weight is 585 g/mol. The van der Waals surface area contributed by atoms with Crippen molar-refractivity contribution < 1.29 is 18.9 Å². The van der Waals surface area contributed by atoms with Gasteiger partial charge in [0.1, 0.15) is 23.0 Å². The molecule has 0 radical (unpaired) electrons. The van der Waals surface area contributed by atoms with Crippen LogP contribution in [0.2, 0.25) is 0 Å². The predicted octanol–water partition coefficient (Wildman–Crippen LogP) is 6.57. The SMILES string of the molecule is Nc1ccc(OC2(Oc3ccc(N)cc3)C=CC(=C3C=CC(Oc4ccc(N)cc4)(Oc4ccc(N)cc4)C=C3)C=C2)cc1. The van der Waals surface area contributed by atoms with E-state index in [1.807, 2.05) is 48.6 Å². The first-order chi connectivity index (χ1) is 21.3. The van der Waals surface area contributed by atoms with Crippen molar-refractivity contribution in [3.8, 4) is 23.0 Å². The summed E-state index contributed by atoms with van der Waals surface area (Å²) >= 11 is 0. The number of ether oxygens (including phenoxy) is 4. The average Bonchev–Trinajstić information content (AvgIpc) is 3.03. The van der Waals surface area contributed by atoms with Crippen LogP contribution in [0.15, 0.2) is 157 Å². The summed E-state index contributed by atoms with van der Waals surface area (Å²) in [4.78, 5) is 0. The summed E-state index contributed by atoms with van der Waals surface area (Å²) in [6.45, 7) is 0. The molecule has 4 aromatic rings. The molecule has 8 heteroatoms. The second-order valence-corrected chi connectivity index (χ2v) is 10.4. The van der Waals surface area contributed by atoms with E-state index in [1.165, 1.54) is 0 Å². The van der Waals surface area contributed by atoms with Crippen LogP contribution in [0.1, 0.15) is 0 Å². The van der Waals surface area contributed by atoms with Crippen LogP contribution in [0.5, 0.6) is 23.0 Å². The third-order valence-electron chi connectivity index (χ3n) is 6.94. The van der Waals surface area contributed by atoms with Crippen LogP contribution in [0.4, 0.5) is 22.7 Å². The Labute approximate surface area is 255 Å². The van der Waals surface area contributed by atoms with Crippen molar-refractivity contribution in [3.05, 3.63) is 157 Å². The van der Waals surface area contributed by atoms with Crippen molar-refractivity contribution in [2.45, 2.75) is 11.6 Å². The number of rotatable bonds is 8. The third kappa shape index (κ3) is 6.55. The smallest absolute Gasteiger partial charge is 0.291 e. The standard InChI is InChI=1S/C36H32N4O4/c37-27-1-9-31(10-2-27)41-35(42-32-11-3-28(38)4-12-32)21-17-25(18-22-35)26-19-23-36(24-20-26,43-33-13-5-29(39)6-14-33)44-34-15-7-30(40)8-16-34/h1-24H,37-40H2. The third-order valence-corrected chi connectivity index (χ3v) is 6.94. The molecule has 0 fully saturated rings. The molecule has 0 bridgehead atoms. The molecule has 2 aliphatic rings. The first-order valence-electron chi connectivity index (χ1n) is 14.0. The van der Waals surface area contributed by atoms with Gasteiger partial charge >= 0.3 is 0 Å². The van der Waals surface area contributed by atoms with Crippen molar-refractivity contribution in [1.29, 1.82) is 0 Å². The molecule has 0 unspecified atom stereocenters. The van der Waals surface area contributed by atoms with Gasteiger partial charge in [0.05, 0.1) is 0 Å². The van der Waals surface area contributed by atoms with Crippen LogP contribution in [0.25, 0.3) is 0 Å². The lowest BCUT2D eigenvalue weighted by Gasteiger charge is -2.32. The molecule has 220 valence electrons. The van der Waals surface area contributed by atoms with E-state index in [0.717, 1.165) is 11.1 Å². The van der Waals surface area contributed by atoms with Gasteiger partial charge in [0.25, 0.3) is 11.6 Å². The Morgan fingerprint density at radius 2 is 0.523 bits per heavy atom. The quantitative estimate of drug-likeness (QED) is 0.135. The Morgan fingerprint density at radius 1 is 0.318 bits per heavy atom. The first-order valence-corrected chi connectivity index (χ1v) is 14.0. The number of benzene rings is 4. The second-order valence-electron chi connectivity index (χ2n) is 10.4. The number of hydrogen-bond donors (Lipinski definition) is 4. The van der Waals surface area contributed by atoms with Gasteiger partial charge in [-0.1, -0.05) is 24.3 Å². The predicted molar refractivity (Wildman–Crippen MR) is 175 cm³/mol. The summed E-state index contributed by atoms with van der Waals surface area (Å²) in [5.74, 6) is -0.0233. The fourth-order valence-corrected chi connectivity index (χ4v) is 4.62. The summed E-state index contributed by atoms with van der Waals surface area (Å²) in [7, 11) is 0. The van der Waals surface area contributed by atoms with Crippen LogP contribution >= 0.6 is 0 Å². The van der Waals surface area contributed by atoms with Gasteiger partial charge in [0.15, 0.2) is 0 Å². The highest BCUT2D eigenvalue weighted by molar-refractivity contribution is 5.54. The minimum absolute atomic E-state index is 0.599. The lowest BCUT2D eigenvalue weighted by molar-refractivity contribution is -0.0290. The van der Waals surface area contributed by atoms with Crippen molar-refractivity contribution in [2.75, 3.05) is 22.9 Å². The van der Waals surface area contributed by atoms with Crippen molar-refractivity contribution in [3.63, 3.8) is 0 Å². The van der Waals surface area contributed by atoms with Crippen LogP contribution in [-0.2, 0) is 0 Å². The lowest BCUT2D eigenvalue weighted by Crippen LogP contribution is -2.40. The highest BCUT2D eigenvalue weighted by Crippen LogP contribution is 2.34. The molecule has 0 amide bonds. The van der Waals surface area contributed by atoms with Crippen molar-refractivity contribution in [2.24, 2.45) is 0 Å². The number of allylic oxidation sites excluding steroid dienone is 6. The largest absolute Gasteiger partial charge is 0.445 e. The van der Waals surface area contributed by atoms with Gasteiger partial charge in [-0.2, -0.15) is 0 Å². The molecular weight excluding hydrogens is 552 g/mol. The normalized spacial score (nSPS) is 16.0. The van der Waals surface area contributed by atoms with E-state index in [0.29, 0.717) is 45.7 Å². The van der Waals surface area contributed by atoms with E-state index >= 15 is 0 Å². The summed E-state index contributed by atoms with van der Waals surface area (Å²) in [5.41, 5.74) is 27.9. The molecule has 2 aliphatic carbocycles. The summed E-state index contributed by atoms with van der Waals surface area (Å²) < 4.78 is 25.4. The highest BCUT2D eigenvalue weighted by atomic mass is 16.7. The Kier molecular flexibility index (Phi) is 7.47. The van der Waals surface area contributed by atoms with E-state index in [4.69, 9.17) is 41.9 Å². The monoisotopic (exact) mass is 584 g/mol.